The van der Waals surface area contributed by atoms with Crippen LogP contribution in [0, 0.1) is 6.92 Å². The molecule has 4 rings (SSSR count). The third-order valence-electron chi connectivity index (χ3n) is 6.68. The molecule has 0 spiro atoms. The molecule has 0 bridgehead atoms. The Morgan fingerprint density at radius 2 is 1.86 bits per heavy atom. The first-order chi connectivity index (χ1) is 20.5. The van der Waals surface area contributed by atoms with E-state index < -0.39 is 50.4 Å². The number of carbonyl (C=O) groups is 2. The molecule has 15 heteroatoms. The van der Waals surface area contributed by atoms with Crippen molar-refractivity contribution in [2.75, 3.05) is 16.2 Å². The summed E-state index contributed by atoms with van der Waals surface area (Å²) in [5.74, 6) is -0.374. The maximum absolute atomic E-state index is 13.8. The van der Waals surface area contributed by atoms with Gasteiger partial charge in [0.25, 0.3) is 10.0 Å². The predicted octanol–water partition coefficient (Wildman–Crippen LogP) is 5.24. The predicted molar refractivity (Wildman–Crippen MR) is 156 cm³/mol. The van der Waals surface area contributed by atoms with Crippen LogP contribution in [-0.2, 0) is 38.8 Å². The summed E-state index contributed by atoms with van der Waals surface area (Å²) in [6.45, 7) is 9.31. The highest BCUT2D eigenvalue weighted by Crippen LogP contribution is 2.40. The Labute approximate surface area is 253 Å². The third-order valence-corrected chi connectivity index (χ3v) is 8.45. The van der Waals surface area contributed by atoms with Crippen molar-refractivity contribution in [3.05, 3.63) is 65.5 Å². The molecule has 2 aromatic carbocycles. The number of aryl methyl sites for hydroxylation is 1. The maximum atomic E-state index is 13.8. The van der Waals surface area contributed by atoms with Gasteiger partial charge in [-0.1, -0.05) is 6.07 Å². The Hall–Kier alpha value is -4.27. The summed E-state index contributed by atoms with van der Waals surface area (Å²) in [6, 6.07) is 7.56. The van der Waals surface area contributed by atoms with E-state index in [-0.39, 0.29) is 36.6 Å². The summed E-state index contributed by atoms with van der Waals surface area (Å²) in [5, 5.41) is 9.54. The Balaban J connectivity index is 1.63. The first-order valence-corrected chi connectivity index (χ1v) is 15.2. The lowest BCUT2D eigenvalue weighted by Gasteiger charge is -2.35. The van der Waals surface area contributed by atoms with Crippen molar-refractivity contribution >= 4 is 33.4 Å². The molecule has 2 heterocycles. The molecule has 0 radical (unpaired) electrons. The lowest BCUT2D eigenvalue weighted by atomic mass is 10.1. The topological polar surface area (TPSA) is 132 Å². The molecule has 1 aliphatic heterocycles. The number of nitrogens with one attached hydrogen (secondary N) is 2. The molecule has 0 saturated heterocycles. The van der Waals surface area contributed by atoms with Crippen molar-refractivity contribution in [3.63, 3.8) is 0 Å². The monoisotopic (exact) mass is 637 g/mol. The van der Waals surface area contributed by atoms with Crippen LogP contribution in [0.15, 0.2) is 53.6 Å². The number of hydrogen-bond donors (Lipinski definition) is 2. The minimum atomic E-state index is -4.77. The van der Waals surface area contributed by atoms with E-state index in [4.69, 9.17) is 9.47 Å². The van der Waals surface area contributed by atoms with Gasteiger partial charge in [-0.15, -0.1) is 0 Å². The number of rotatable bonds is 8. The second kappa shape index (κ2) is 12.4. The minimum absolute atomic E-state index is 0.0322. The number of ether oxygens (including phenoxy) is 2. The molecule has 11 nitrogen and oxygen atoms in total. The van der Waals surface area contributed by atoms with Crippen molar-refractivity contribution in [1.82, 2.24) is 15.1 Å². The molecule has 238 valence electrons. The van der Waals surface area contributed by atoms with Gasteiger partial charge in [0.15, 0.2) is 0 Å². The number of nitrogens with zero attached hydrogens (tertiary/aromatic N) is 3. The molecule has 3 aromatic rings. The molecule has 1 atom stereocenters. The number of halogens is 3. The highest BCUT2D eigenvalue weighted by atomic mass is 32.2. The van der Waals surface area contributed by atoms with E-state index in [2.05, 4.69) is 15.7 Å². The zero-order valence-corrected chi connectivity index (χ0v) is 25.7. The van der Waals surface area contributed by atoms with Crippen LogP contribution in [0.25, 0.3) is 0 Å². The van der Waals surface area contributed by atoms with Crippen molar-refractivity contribution < 1.29 is 40.7 Å². The van der Waals surface area contributed by atoms with Crippen molar-refractivity contribution in [1.29, 1.82) is 0 Å². The van der Waals surface area contributed by atoms with Crippen LogP contribution < -0.4 is 19.7 Å². The smallest absolute Gasteiger partial charge is 0.416 e. The van der Waals surface area contributed by atoms with E-state index in [1.54, 1.807) is 31.6 Å². The number of alkyl halides is 3. The number of aromatic nitrogens is 2. The van der Waals surface area contributed by atoms with Gasteiger partial charge in [-0.2, -0.15) is 18.3 Å². The van der Waals surface area contributed by atoms with Gasteiger partial charge in [0.2, 0.25) is 5.91 Å². The van der Waals surface area contributed by atoms with Crippen LogP contribution in [0.5, 0.6) is 5.75 Å². The molecule has 0 aliphatic carbocycles. The summed E-state index contributed by atoms with van der Waals surface area (Å²) in [5.41, 5.74) is -0.104. The molecule has 1 aliphatic rings. The van der Waals surface area contributed by atoms with Gasteiger partial charge in [0, 0.05) is 30.0 Å². The summed E-state index contributed by atoms with van der Waals surface area (Å²) in [4.78, 5) is 24.6. The lowest BCUT2D eigenvalue weighted by molar-refractivity contribution is -0.137. The van der Waals surface area contributed by atoms with Gasteiger partial charge in [-0.3, -0.25) is 19.1 Å². The van der Waals surface area contributed by atoms with Crippen molar-refractivity contribution in [3.8, 4) is 5.75 Å². The zero-order valence-electron chi connectivity index (χ0n) is 24.9. The summed E-state index contributed by atoms with van der Waals surface area (Å²) < 4.78 is 81.9. The van der Waals surface area contributed by atoms with Gasteiger partial charge in [-0.05, 0) is 71.0 Å². The fourth-order valence-corrected chi connectivity index (χ4v) is 6.10. The van der Waals surface area contributed by atoms with Gasteiger partial charge < -0.3 is 14.8 Å². The standard InChI is InChI=1S/C29H34F3N5O6S/c1-6-36-18(2)19(16-34-36)15-33-26(38)14-22-17-37(44(40,41)23-9-7-8-20(12-23)29(30,31)32)24-13-21(10-11-25(24)42-22)35-27(39)43-28(3,4)5/h7-13,16,22H,6,14-15,17H2,1-5H3,(H,33,38)(H,35,39)/t22-/m0/s1. The van der Waals surface area contributed by atoms with Crippen LogP contribution in [0.4, 0.5) is 29.3 Å². The second-order valence-electron chi connectivity index (χ2n) is 11.2. The maximum Gasteiger partial charge on any atom is 0.416 e. The summed E-state index contributed by atoms with van der Waals surface area (Å²) >= 11 is 0. The normalized spacial score (nSPS) is 15.3. The highest BCUT2D eigenvalue weighted by Gasteiger charge is 2.38. The second-order valence-corrected chi connectivity index (χ2v) is 13.0. The number of anilines is 2. The highest BCUT2D eigenvalue weighted by molar-refractivity contribution is 7.92. The van der Waals surface area contributed by atoms with Gasteiger partial charge in [0.1, 0.15) is 17.5 Å². The quantitative estimate of drug-likeness (QED) is 0.345. The Bertz CT molecular complexity index is 1650. The lowest BCUT2D eigenvalue weighted by Crippen LogP contribution is -2.45. The molecular weight excluding hydrogens is 603 g/mol. The first kappa shape index (κ1) is 32.6. The van der Waals surface area contributed by atoms with E-state index in [1.165, 1.54) is 18.2 Å². The summed E-state index contributed by atoms with van der Waals surface area (Å²) in [6.07, 6.45) is -5.14. The van der Waals surface area contributed by atoms with Crippen molar-refractivity contribution in [2.24, 2.45) is 0 Å². The van der Waals surface area contributed by atoms with Crippen molar-refractivity contribution in [2.45, 2.75) is 76.9 Å². The molecule has 0 unspecified atom stereocenters. The fraction of sp³-hybridized carbons (Fsp3) is 0.414. The molecule has 2 amide bonds. The number of carbonyl (C=O) groups excluding carboxylic acids is 2. The van der Waals surface area contributed by atoms with E-state index in [0.29, 0.717) is 12.6 Å². The zero-order chi connectivity index (χ0) is 32.4. The van der Waals surface area contributed by atoms with E-state index in [1.807, 2.05) is 13.8 Å². The van der Waals surface area contributed by atoms with Crippen LogP contribution in [-0.4, -0.2) is 48.4 Å². The van der Waals surface area contributed by atoms with Gasteiger partial charge in [0.05, 0.1) is 35.3 Å². The molecule has 1 aromatic heterocycles. The number of fused-ring (bicyclic) bond motifs is 1. The van der Waals surface area contributed by atoms with Crippen LogP contribution >= 0.6 is 0 Å². The van der Waals surface area contributed by atoms with Crippen LogP contribution in [0.1, 0.15) is 50.9 Å². The molecule has 44 heavy (non-hydrogen) atoms. The number of benzene rings is 2. The number of sulfonamides is 1. The fourth-order valence-electron chi connectivity index (χ4n) is 4.56. The first-order valence-electron chi connectivity index (χ1n) is 13.8. The average molecular weight is 638 g/mol. The van der Waals surface area contributed by atoms with Crippen LogP contribution in [0.3, 0.4) is 0 Å². The molecule has 0 fully saturated rings. The van der Waals surface area contributed by atoms with Gasteiger partial charge in [-0.25, -0.2) is 13.2 Å². The average Bonchev–Trinajstić information content (AvgIpc) is 3.29. The molecule has 2 N–H and O–H groups in total. The number of hydrogen-bond acceptors (Lipinski definition) is 7. The SMILES string of the molecule is CCn1ncc(CNC(=O)C[C@H]2CN(S(=O)(=O)c3cccc(C(F)(F)F)c3)c3cc(NC(=O)OC(C)(C)C)ccc3O2)c1C. The summed E-state index contributed by atoms with van der Waals surface area (Å²) in [7, 11) is -4.60. The van der Waals surface area contributed by atoms with Gasteiger partial charge >= 0.3 is 12.3 Å². The largest absolute Gasteiger partial charge is 0.486 e. The third kappa shape index (κ3) is 7.62. The Kier molecular flexibility index (Phi) is 9.18. The van der Waals surface area contributed by atoms with Crippen LogP contribution in [0.2, 0.25) is 0 Å². The molecule has 0 saturated carbocycles. The van der Waals surface area contributed by atoms with E-state index >= 15 is 0 Å². The Morgan fingerprint density at radius 3 is 2.50 bits per heavy atom. The van der Waals surface area contributed by atoms with E-state index in [9.17, 15) is 31.2 Å². The van der Waals surface area contributed by atoms with E-state index in [0.717, 1.165) is 33.8 Å². The molecular formula is C29H34F3N5O6S. The number of amides is 2. The minimum Gasteiger partial charge on any atom is -0.486 e. The Morgan fingerprint density at radius 1 is 1.14 bits per heavy atom.